The third kappa shape index (κ3) is 5.96. The number of halogens is 3. The molecule has 194 valence electrons. The molecule has 1 aliphatic rings. The largest absolute Gasteiger partial charge is 0.484 e. The predicted octanol–water partition coefficient (Wildman–Crippen LogP) is 6.18. The zero-order chi connectivity index (χ0) is 26.8. The number of benzene rings is 3. The first kappa shape index (κ1) is 26.3. The summed E-state index contributed by atoms with van der Waals surface area (Å²) in [6.45, 7) is 6.37. The number of esters is 1. The van der Waals surface area contributed by atoms with E-state index in [1.807, 2.05) is 32.0 Å². The highest BCUT2D eigenvalue weighted by Crippen LogP contribution is 2.42. The number of fused-ring (bicyclic) bond motifs is 1. The molecule has 0 bridgehead atoms. The number of ether oxygens (including phenoxy) is 2. The van der Waals surface area contributed by atoms with Gasteiger partial charge in [0, 0.05) is 17.6 Å². The van der Waals surface area contributed by atoms with Crippen LogP contribution in [-0.2, 0) is 32.3 Å². The lowest BCUT2D eigenvalue weighted by Crippen LogP contribution is -2.37. The van der Waals surface area contributed by atoms with E-state index in [1.54, 1.807) is 36.1 Å². The number of anilines is 1. The van der Waals surface area contributed by atoms with Crippen molar-refractivity contribution in [1.82, 2.24) is 0 Å². The van der Waals surface area contributed by atoms with E-state index in [0.29, 0.717) is 24.5 Å². The highest BCUT2D eigenvalue weighted by atomic mass is 19.4. The van der Waals surface area contributed by atoms with E-state index in [2.05, 4.69) is 0 Å². The van der Waals surface area contributed by atoms with Gasteiger partial charge in [0.05, 0.1) is 18.6 Å². The van der Waals surface area contributed by atoms with Gasteiger partial charge in [-0.3, -0.25) is 9.59 Å². The molecule has 1 amide bonds. The summed E-state index contributed by atoms with van der Waals surface area (Å²) in [5.41, 5.74) is 2.83. The molecular weight excluding hydrogens is 483 g/mol. The minimum atomic E-state index is -4.39. The van der Waals surface area contributed by atoms with E-state index >= 15 is 0 Å². The second kappa shape index (κ2) is 10.3. The lowest BCUT2D eigenvalue weighted by Gasteiger charge is -2.21. The molecule has 5 nitrogen and oxygen atoms in total. The fourth-order valence-electron chi connectivity index (χ4n) is 4.48. The summed E-state index contributed by atoms with van der Waals surface area (Å²) in [4.78, 5) is 26.5. The lowest BCUT2D eigenvalue weighted by molar-refractivity contribution is -0.142. The summed E-state index contributed by atoms with van der Waals surface area (Å²) in [5.74, 6) is -0.0707. The molecule has 1 aliphatic heterocycles. The molecule has 3 aromatic carbocycles. The Morgan fingerprint density at radius 2 is 1.68 bits per heavy atom. The summed E-state index contributed by atoms with van der Waals surface area (Å²) in [7, 11) is 0. The van der Waals surface area contributed by atoms with Crippen LogP contribution in [0.25, 0.3) is 11.1 Å². The van der Waals surface area contributed by atoms with Crippen LogP contribution in [0.1, 0.15) is 37.5 Å². The number of carbonyl (C=O) groups is 2. The van der Waals surface area contributed by atoms with Gasteiger partial charge in [0.2, 0.25) is 0 Å². The van der Waals surface area contributed by atoms with Crippen LogP contribution in [0.3, 0.4) is 0 Å². The summed E-state index contributed by atoms with van der Waals surface area (Å²) < 4.78 is 49.5. The first-order valence-electron chi connectivity index (χ1n) is 12.0. The molecule has 0 spiro atoms. The monoisotopic (exact) mass is 511 g/mol. The van der Waals surface area contributed by atoms with Crippen molar-refractivity contribution in [3.05, 3.63) is 83.4 Å². The molecule has 0 fully saturated rings. The topological polar surface area (TPSA) is 55.8 Å². The maximum atomic E-state index is 13.1. The zero-order valence-corrected chi connectivity index (χ0v) is 20.9. The Kier molecular flexibility index (Phi) is 7.30. The third-order valence-electron chi connectivity index (χ3n) is 6.33. The van der Waals surface area contributed by atoms with Crippen molar-refractivity contribution in [2.75, 3.05) is 24.7 Å². The summed E-state index contributed by atoms with van der Waals surface area (Å²) in [5, 5.41) is 0. The summed E-state index contributed by atoms with van der Waals surface area (Å²) in [6.07, 6.45) is -4.27. The van der Waals surface area contributed by atoms with Crippen molar-refractivity contribution in [3.8, 4) is 16.9 Å². The van der Waals surface area contributed by atoms with Gasteiger partial charge in [-0.2, -0.15) is 13.2 Å². The maximum Gasteiger partial charge on any atom is 0.416 e. The van der Waals surface area contributed by atoms with E-state index in [4.69, 9.17) is 9.47 Å². The average Bonchev–Trinajstić information content (AvgIpc) is 3.12. The van der Waals surface area contributed by atoms with Gasteiger partial charge in [-0.15, -0.1) is 0 Å². The first-order valence-corrected chi connectivity index (χ1v) is 12.0. The molecule has 1 heterocycles. The molecule has 0 N–H and O–H groups in total. The van der Waals surface area contributed by atoms with Crippen molar-refractivity contribution in [2.45, 2.75) is 38.8 Å². The molecule has 0 aliphatic carbocycles. The number of carbonyl (C=O) groups excluding carboxylic acids is 2. The normalized spacial score (nSPS) is 14.3. The Hall–Kier alpha value is -3.81. The number of rotatable bonds is 7. The highest BCUT2D eigenvalue weighted by molar-refractivity contribution is 5.97. The van der Waals surface area contributed by atoms with Crippen LogP contribution in [0.15, 0.2) is 66.7 Å². The lowest BCUT2D eigenvalue weighted by atomic mass is 9.85. The Balaban J connectivity index is 1.48. The molecule has 4 rings (SSSR count). The van der Waals surface area contributed by atoms with E-state index in [1.165, 1.54) is 12.1 Å². The number of amides is 1. The quantitative estimate of drug-likeness (QED) is 0.356. The van der Waals surface area contributed by atoms with Gasteiger partial charge < -0.3 is 14.4 Å². The molecule has 0 radical (unpaired) electrons. The van der Waals surface area contributed by atoms with Crippen molar-refractivity contribution < 1.29 is 32.2 Å². The molecule has 37 heavy (non-hydrogen) atoms. The number of nitrogens with zero attached hydrogens (tertiary/aromatic N) is 1. The van der Waals surface area contributed by atoms with Gasteiger partial charge in [-0.25, -0.2) is 0 Å². The van der Waals surface area contributed by atoms with Crippen molar-refractivity contribution in [2.24, 2.45) is 0 Å². The maximum absolute atomic E-state index is 13.1. The minimum Gasteiger partial charge on any atom is -0.484 e. The molecule has 0 saturated carbocycles. The predicted molar refractivity (Wildman–Crippen MR) is 135 cm³/mol. The van der Waals surface area contributed by atoms with Crippen LogP contribution in [0.5, 0.6) is 5.75 Å². The van der Waals surface area contributed by atoms with Gasteiger partial charge in [0.15, 0.2) is 6.61 Å². The van der Waals surface area contributed by atoms with E-state index in [0.717, 1.165) is 34.5 Å². The zero-order valence-electron chi connectivity index (χ0n) is 20.9. The average molecular weight is 512 g/mol. The molecular formula is C29H28F3NO4. The van der Waals surface area contributed by atoms with Crippen LogP contribution in [0, 0.1) is 0 Å². The van der Waals surface area contributed by atoms with Gasteiger partial charge in [0.1, 0.15) is 5.75 Å². The molecule has 0 saturated heterocycles. The van der Waals surface area contributed by atoms with Crippen molar-refractivity contribution >= 4 is 17.6 Å². The van der Waals surface area contributed by atoms with E-state index in [9.17, 15) is 22.8 Å². The fourth-order valence-corrected chi connectivity index (χ4v) is 4.48. The fraction of sp³-hybridized carbons (Fsp3) is 0.310. The number of hydrogen-bond donors (Lipinski definition) is 0. The molecule has 0 aromatic heterocycles. The molecule has 0 atom stereocenters. The van der Waals surface area contributed by atoms with Crippen LogP contribution in [0.4, 0.5) is 18.9 Å². The van der Waals surface area contributed by atoms with Gasteiger partial charge in [-0.1, -0.05) is 44.2 Å². The van der Waals surface area contributed by atoms with Gasteiger partial charge in [-0.05, 0) is 65.6 Å². The molecule has 0 unspecified atom stereocenters. The molecule has 8 heteroatoms. The van der Waals surface area contributed by atoms with E-state index < -0.39 is 11.7 Å². The van der Waals surface area contributed by atoms with Crippen LogP contribution in [-0.4, -0.2) is 31.6 Å². The van der Waals surface area contributed by atoms with E-state index in [-0.39, 0.29) is 30.3 Å². The smallest absolute Gasteiger partial charge is 0.416 e. The van der Waals surface area contributed by atoms with Crippen molar-refractivity contribution in [1.29, 1.82) is 0 Å². The second-order valence-electron chi connectivity index (χ2n) is 9.59. The van der Waals surface area contributed by atoms with Gasteiger partial charge >= 0.3 is 12.1 Å². The summed E-state index contributed by atoms with van der Waals surface area (Å²) >= 11 is 0. The molecule has 3 aromatic rings. The van der Waals surface area contributed by atoms with Gasteiger partial charge in [0.25, 0.3) is 5.91 Å². The van der Waals surface area contributed by atoms with Crippen LogP contribution < -0.4 is 9.64 Å². The standard InChI is InChI=1S/C29H28F3NO4/c1-4-36-27(35)15-19-6-5-7-23(14-19)37-17-26(34)33-18-28(2,3)24-16-21(10-13-25(24)33)20-8-11-22(12-9-20)29(30,31)32/h5-14,16H,4,15,17-18H2,1-3H3. The minimum absolute atomic E-state index is 0.119. The summed E-state index contributed by atoms with van der Waals surface area (Å²) in [6, 6.07) is 17.6. The Bertz CT molecular complexity index is 1300. The van der Waals surface area contributed by atoms with Crippen LogP contribution >= 0.6 is 0 Å². The second-order valence-corrected chi connectivity index (χ2v) is 9.59. The number of hydrogen-bond acceptors (Lipinski definition) is 4. The first-order chi connectivity index (χ1) is 17.5. The third-order valence-corrected chi connectivity index (χ3v) is 6.33. The van der Waals surface area contributed by atoms with Crippen LogP contribution in [0.2, 0.25) is 0 Å². The van der Waals surface area contributed by atoms with Crippen molar-refractivity contribution in [3.63, 3.8) is 0 Å². The Labute approximate surface area is 213 Å². The highest BCUT2D eigenvalue weighted by Gasteiger charge is 2.38. The SMILES string of the molecule is CCOC(=O)Cc1cccc(OCC(=O)N2CC(C)(C)c3cc(-c4ccc(C(F)(F)F)cc4)ccc32)c1. The number of alkyl halides is 3. The Morgan fingerprint density at radius 1 is 0.973 bits per heavy atom. The Morgan fingerprint density at radius 3 is 2.35 bits per heavy atom.